The minimum atomic E-state index is -0.753. The van der Waals surface area contributed by atoms with Gasteiger partial charge in [0.05, 0.1) is 29.9 Å². The zero-order chi connectivity index (χ0) is 30.6. The van der Waals surface area contributed by atoms with Crippen LogP contribution in [0.2, 0.25) is 0 Å². The molecular weight excluding hydrogens is 580 g/mol. The Morgan fingerprint density at radius 1 is 0.864 bits per heavy atom. The molecule has 4 aromatic carbocycles. The maximum absolute atomic E-state index is 12.7. The second-order valence-electron chi connectivity index (χ2n) is 10.6. The van der Waals surface area contributed by atoms with Crippen LogP contribution in [0.1, 0.15) is 72.1 Å². The van der Waals surface area contributed by atoms with Gasteiger partial charge in [0, 0.05) is 40.4 Å². The maximum atomic E-state index is 12.7. The van der Waals surface area contributed by atoms with Crippen molar-refractivity contribution in [3.8, 4) is 0 Å². The first-order valence-corrected chi connectivity index (χ1v) is 15.1. The molecule has 2 aliphatic heterocycles. The van der Waals surface area contributed by atoms with Crippen LogP contribution in [0.25, 0.3) is 0 Å². The number of benzene rings is 4. The summed E-state index contributed by atoms with van der Waals surface area (Å²) in [5, 5.41) is 12.3. The Bertz CT molecular complexity index is 1690. The normalized spacial score (nSPS) is 19.3. The molecule has 44 heavy (non-hydrogen) atoms. The van der Waals surface area contributed by atoms with E-state index in [4.69, 9.17) is 15.2 Å². The Hall–Kier alpha value is -4.48. The average molecular weight is 611 g/mol. The second-order valence-corrected chi connectivity index (χ2v) is 11.6. The van der Waals surface area contributed by atoms with Crippen LogP contribution < -0.4 is 11.1 Å². The van der Waals surface area contributed by atoms with E-state index in [2.05, 4.69) is 10.1 Å². The number of thioether (sulfide) groups is 1. The number of para-hydroxylation sites is 1. The third kappa shape index (κ3) is 6.53. The lowest BCUT2D eigenvalue weighted by atomic mass is 10.0. The molecular formula is C34H30N2O7S. The van der Waals surface area contributed by atoms with E-state index in [1.807, 2.05) is 72.8 Å². The number of nitrogen functional groups attached to an aromatic ring is 1. The number of anilines is 1. The Kier molecular flexibility index (Phi) is 8.76. The fourth-order valence-corrected chi connectivity index (χ4v) is 6.11. The Balaban J connectivity index is 1.13. The Morgan fingerprint density at radius 2 is 1.57 bits per heavy atom. The summed E-state index contributed by atoms with van der Waals surface area (Å²) in [5.74, 6) is -1.15. The van der Waals surface area contributed by atoms with E-state index in [0.717, 1.165) is 32.8 Å². The van der Waals surface area contributed by atoms with Crippen LogP contribution in [0.4, 0.5) is 5.69 Å². The third-order valence-electron chi connectivity index (χ3n) is 7.57. The van der Waals surface area contributed by atoms with E-state index in [1.54, 1.807) is 11.8 Å². The monoisotopic (exact) mass is 610 g/mol. The van der Waals surface area contributed by atoms with Crippen LogP contribution in [-0.4, -0.2) is 34.8 Å². The first-order chi connectivity index (χ1) is 21.4. The molecule has 1 saturated heterocycles. The van der Waals surface area contributed by atoms with E-state index >= 15 is 0 Å². The number of carbonyl (C=O) groups excluding carboxylic acids is 3. The van der Waals surface area contributed by atoms with Crippen molar-refractivity contribution >= 4 is 35.3 Å². The van der Waals surface area contributed by atoms with Crippen molar-refractivity contribution < 1.29 is 33.7 Å². The van der Waals surface area contributed by atoms with Crippen LogP contribution in [0.15, 0.2) is 95.9 Å². The lowest BCUT2D eigenvalue weighted by Gasteiger charge is -2.36. The summed E-state index contributed by atoms with van der Waals surface area (Å²) >= 11 is 1.65. The standard InChI is InChI=1S/C34H30N2O7S/c35-28-3-1-2-4-30(28)44-19-25-16-29(22-9-7-21(18-37)8-10-22)42-34(41-25)23-11-5-20(6-12-23)17-36-31(38)24-13-14-26-27(15-24)33(40)43-32(26)39/h1-15,25,29,34,37H,16-19,35H2,(H,36,38). The van der Waals surface area contributed by atoms with Gasteiger partial charge in [0.2, 0.25) is 0 Å². The van der Waals surface area contributed by atoms with Gasteiger partial charge < -0.3 is 30.4 Å². The molecule has 0 aromatic heterocycles. The number of rotatable bonds is 9. The first kappa shape index (κ1) is 29.6. The number of cyclic esters (lactones) is 2. The van der Waals surface area contributed by atoms with E-state index < -0.39 is 18.2 Å². The average Bonchev–Trinajstić information content (AvgIpc) is 3.35. The first-order valence-electron chi connectivity index (χ1n) is 14.1. The molecule has 224 valence electrons. The Labute approximate surface area is 258 Å². The van der Waals surface area contributed by atoms with E-state index in [0.29, 0.717) is 12.2 Å². The molecule has 1 amide bonds. The van der Waals surface area contributed by atoms with Crippen molar-refractivity contribution in [1.82, 2.24) is 5.32 Å². The van der Waals surface area contributed by atoms with E-state index in [-0.39, 0.29) is 48.0 Å². The van der Waals surface area contributed by atoms with Gasteiger partial charge in [-0.25, -0.2) is 9.59 Å². The molecule has 6 rings (SSSR count). The van der Waals surface area contributed by atoms with Gasteiger partial charge in [0.15, 0.2) is 6.29 Å². The molecule has 4 aromatic rings. The molecule has 0 aliphatic carbocycles. The van der Waals surface area contributed by atoms with E-state index in [1.165, 1.54) is 18.2 Å². The summed E-state index contributed by atoms with van der Waals surface area (Å²) in [6, 6.07) is 27.4. The molecule has 3 atom stereocenters. The minimum absolute atomic E-state index is 0.0228. The number of nitrogens with two attached hydrogens (primary N) is 1. The summed E-state index contributed by atoms with van der Waals surface area (Å²) in [5.41, 5.74) is 10.9. The van der Waals surface area contributed by atoms with Crippen molar-refractivity contribution in [3.05, 3.63) is 130 Å². The predicted molar refractivity (Wildman–Crippen MR) is 164 cm³/mol. The topological polar surface area (TPSA) is 137 Å². The largest absolute Gasteiger partial charge is 0.398 e. The van der Waals surface area contributed by atoms with E-state index in [9.17, 15) is 19.5 Å². The van der Waals surface area contributed by atoms with Crippen LogP contribution >= 0.6 is 11.8 Å². The predicted octanol–water partition coefficient (Wildman–Crippen LogP) is 5.34. The molecule has 0 radical (unpaired) electrons. The lowest BCUT2D eigenvalue weighted by molar-refractivity contribution is -0.245. The molecule has 10 heteroatoms. The van der Waals surface area contributed by atoms with Crippen LogP contribution in [-0.2, 0) is 27.4 Å². The number of aliphatic hydroxyl groups is 1. The number of amides is 1. The Morgan fingerprint density at radius 3 is 2.32 bits per heavy atom. The van der Waals surface area contributed by atoms with Gasteiger partial charge in [-0.05, 0) is 47.0 Å². The van der Waals surface area contributed by atoms with Gasteiger partial charge in [-0.3, -0.25) is 4.79 Å². The quantitative estimate of drug-likeness (QED) is 0.0993. The molecule has 0 saturated carbocycles. The fraction of sp³-hybridized carbons (Fsp3) is 0.206. The molecule has 0 bridgehead atoms. The van der Waals surface area contributed by atoms with Crippen LogP contribution in [0.3, 0.4) is 0 Å². The number of carbonyl (C=O) groups is 3. The number of fused-ring (bicyclic) bond motifs is 1. The summed E-state index contributed by atoms with van der Waals surface area (Å²) < 4.78 is 17.5. The molecule has 1 fully saturated rings. The van der Waals surface area contributed by atoms with Crippen LogP contribution in [0.5, 0.6) is 0 Å². The fourth-order valence-electron chi connectivity index (χ4n) is 5.12. The minimum Gasteiger partial charge on any atom is -0.398 e. The van der Waals surface area contributed by atoms with Gasteiger partial charge in [-0.2, -0.15) is 0 Å². The van der Waals surface area contributed by atoms with Gasteiger partial charge >= 0.3 is 11.9 Å². The smallest absolute Gasteiger partial charge is 0.346 e. The maximum Gasteiger partial charge on any atom is 0.346 e. The summed E-state index contributed by atoms with van der Waals surface area (Å²) in [6.45, 7) is 0.231. The zero-order valence-electron chi connectivity index (χ0n) is 23.6. The SMILES string of the molecule is Nc1ccccc1SCC1CC(c2ccc(CO)cc2)OC(c2ccc(CNC(=O)c3ccc4c(c3)C(=O)OC4=O)cc2)O1. The zero-order valence-corrected chi connectivity index (χ0v) is 24.4. The van der Waals surface area contributed by atoms with Gasteiger partial charge in [-0.15, -0.1) is 11.8 Å². The highest BCUT2D eigenvalue weighted by Gasteiger charge is 2.33. The summed E-state index contributed by atoms with van der Waals surface area (Å²) in [6.07, 6.45) is -0.269. The van der Waals surface area contributed by atoms with Crippen LogP contribution in [0, 0.1) is 0 Å². The summed E-state index contributed by atoms with van der Waals surface area (Å²) in [4.78, 5) is 37.3. The molecule has 0 spiro atoms. The molecule has 9 nitrogen and oxygen atoms in total. The number of hydrogen-bond acceptors (Lipinski definition) is 9. The van der Waals surface area contributed by atoms with Crippen molar-refractivity contribution in [2.75, 3.05) is 11.5 Å². The second kappa shape index (κ2) is 13.0. The molecule has 3 unspecified atom stereocenters. The van der Waals surface area contributed by atoms with Gasteiger partial charge in [0.25, 0.3) is 5.91 Å². The van der Waals surface area contributed by atoms with Gasteiger partial charge in [-0.1, -0.05) is 60.7 Å². The van der Waals surface area contributed by atoms with Gasteiger partial charge in [0.1, 0.15) is 0 Å². The number of nitrogens with one attached hydrogen (secondary N) is 1. The highest BCUT2D eigenvalue weighted by molar-refractivity contribution is 7.99. The number of aliphatic hydroxyl groups excluding tert-OH is 1. The third-order valence-corrected chi connectivity index (χ3v) is 8.79. The summed E-state index contributed by atoms with van der Waals surface area (Å²) in [7, 11) is 0. The molecule has 2 heterocycles. The lowest BCUT2D eigenvalue weighted by Crippen LogP contribution is -2.31. The number of hydrogen-bond donors (Lipinski definition) is 3. The highest BCUT2D eigenvalue weighted by atomic mass is 32.2. The molecule has 2 aliphatic rings. The van der Waals surface area contributed by atoms with Crippen molar-refractivity contribution in [2.24, 2.45) is 0 Å². The van der Waals surface area contributed by atoms with Crippen molar-refractivity contribution in [3.63, 3.8) is 0 Å². The van der Waals surface area contributed by atoms with Crippen molar-refractivity contribution in [1.29, 1.82) is 0 Å². The molecule has 4 N–H and O–H groups in total. The number of esters is 2. The number of ether oxygens (including phenoxy) is 3. The van der Waals surface area contributed by atoms with Crippen molar-refractivity contribution in [2.45, 2.75) is 43.0 Å². The highest BCUT2D eigenvalue weighted by Crippen LogP contribution is 2.40.